The van der Waals surface area contributed by atoms with E-state index < -0.39 is 23.4 Å². The molecule has 0 fully saturated rings. The third kappa shape index (κ3) is 11.5. The molecule has 5 heteroatoms. The van der Waals surface area contributed by atoms with Crippen LogP contribution in [0.15, 0.2) is 152 Å². The van der Waals surface area contributed by atoms with Gasteiger partial charge in [0.1, 0.15) is 15.9 Å². The average molecular weight is 950 g/mol. The summed E-state index contributed by atoms with van der Waals surface area (Å²) in [4.78, 5) is 0. The molecule has 0 unspecified atom stereocenters. The summed E-state index contributed by atoms with van der Waals surface area (Å²) in [6.07, 6.45) is 2.19. The molecule has 0 heterocycles. The molecule has 0 aliphatic carbocycles. The van der Waals surface area contributed by atoms with E-state index >= 15 is 0 Å². The summed E-state index contributed by atoms with van der Waals surface area (Å²) in [5.74, 6) is 0. The third-order valence-electron chi connectivity index (χ3n) is 10.4. The summed E-state index contributed by atoms with van der Waals surface area (Å²) in [5, 5.41) is 4.31. The van der Waals surface area contributed by atoms with Crippen molar-refractivity contribution >= 4 is 75.0 Å². The summed E-state index contributed by atoms with van der Waals surface area (Å²) in [6, 6.07) is 55.9. The first-order chi connectivity index (χ1) is 26.2. The van der Waals surface area contributed by atoms with Gasteiger partial charge in [-0.2, -0.15) is 0 Å². The maximum Gasteiger partial charge on any atom is 2.00 e. The van der Waals surface area contributed by atoms with Gasteiger partial charge in [0.15, 0.2) is 0 Å². The van der Waals surface area contributed by atoms with E-state index in [1.165, 1.54) is 82.7 Å². The van der Waals surface area contributed by atoms with E-state index in [9.17, 15) is 0 Å². The van der Waals surface area contributed by atoms with Crippen LogP contribution in [0.5, 0.6) is 0 Å². The van der Waals surface area contributed by atoms with Gasteiger partial charge in [0.25, 0.3) is 0 Å². The minimum absolute atomic E-state index is 0. The topological polar surface area (TPSA) is 0 Å². The van der Waals surface area contributed by atoms with E-state index in [4.69, 9.17) is 0 Å². The molecule has 0 amide bonds. The molecule has 0 atom stereocenters. The van der Waals surface area contributed by atoms with Crippen molar-refractivity contribution in [3.63, 3.8) is 0 Å². The van der Waals surface area contributed by atoms with Crippen LogP contribution >= 0.6 is 7.92 Å². The maximum atomic E-state index is 2.38. The summed E-state index contributed by atoms with van der Waals surface area (Å²) < 4.78 is 3.21. The van der Waals surface area contributed by atoms with Crippen molar-refractivity contribution in [2.45, 2.75) is 68.2 Å². The monoisotopic (exact) mass is 951 g/mol. The minimum atomic E-state index is -0.877. The second kappa shape index (κ2) is 22.8. The molecule has 2 radical (unpaired) electrons. The van der Waals surface area contributed by atoms with Crippen molar-refractivity contribution in [3.05, 3.63) is 196 Å². The predicted octanol–water partition coefficient (Wildman–Crippen LogP) is 10.3. The number of thiol groups is 2. The zero-order valence-corrected chi connectivity index (χ0v) is 41.2. The predicted molar refractivity (Wildman–Crippen MR) is 260 cm³/mol. The second-order valence-corrected chi connectivity index (χ2v) is 19.6. The molecule has 0 saturated carbocycles. The minimum Gasteiger partial charge on any atom is -0.813 e. The molecule has 7 aromatic carbocycles. The van der Waals surface area contributed by atoms with Crippen molar-refractivity contribution in [1.82, 2.24) is 0 Å². The molecule has 0 bridgehead atoms. The Balaban J connectivity index is 0.000000336. The van der Waals surface area contributed by atoms with Crippen LogP contribution in [0.2, 0.25) is 0 Å². The smallest absolute Gasteiger partial charge is 0.813 e. The molecule has 0 aliphatic heterocycles. The van der Waals surface area contributed by atoms with E-state index in [1.54, 1.807) is 8.79 Å². The van der Waals surface area contributed by atoms with Crippen molar-refractivity contribution in [2.24, 2.45) is 0 Å². The fraction of sp³-hybridized carbons (Fsp3) is 0.192. The molecule has 0 N–H and O–H groups in total. The Labute approximate surface area is 378 Å². The van der Waals surface area contributed by atoms with Crippen molar-refractivity contribution in [2.75, 3.05) is 0 Å². The number of aryl methyl sites for hydroxylation is 8. The van der Waals surface area contributed by atoms with E-state index in [1.807, 2.05) is 0 Å². The Morgan fingerprint density at radius 2 is 0.719 bits per heavy atom. The molecule has 0 aliphatic rings. The normalized spacial score (nSPS) is 10.4. The van der Waals surface area contributed by atoms with Crippen molar-refractivity contribution in [3.8, 4) is 22.3 Å². The zero-order chi connectivity index (χ0) is 38.2. The van der Waals surface area contributed by atoms with Crippen LogP contribution in [-0.4, -0.2) is 15.4 Å². The van der Waals surface area contributed by atoms with Gasteiger partial charge in [-0.1, -0.05) is 54.6 Å². The Hall–Kier alpha value is -3.16. The van der Waals surface area contributed by atoms with E-state index in [0.29, 0.717) is 0 Å². The number of hydrogen-bond donors (Lipinski definition) is 0. The van der Waals surface area contributed by atoms with Crippen LogP contribution in [0.1, 0.15) is 58.4 Å². The van der Waals surface area contributed by atoms with Crippen LogP contribution in [0.4, 0.5) is 0 Å². The summed E-state index contributed by atoms with van der Waals surface area (Å²) in [5.41, 5.74) is 17.0. The van der Waals surface area contributed by atoms with E-state index in [-0.39, 0.29) is 46.5 Å². The number of hydrogen-bond acceptors (Lipinski definition) is 2. The first-order valence-electron chi connectivity index (χ1n) is 19.4. The first kappa shape index (κ1) is 48.2. The van der Waals surface area contributed by atoms with Gasteiger partial charge in [-0.05, 0) is 36.4 Å². The number of benzene rings is 7. The maximum absolute atomic E-state index is 2.38. The molecule has 7 rings (SSSR count). The Kier molecular flexibility index (Phi) is 19.3. The first-order valence-corrected chi connectivity index (χ1v) is 23.0. The number of rotatable bonds is 9. The molecule has 0 nitrogen and oxygen atoms in total. The molecular formula is C52H56GePRuS2+. The van der Waals surface area contributed by atoms with Crippen LogP contribution < -0.4 is 24.7 Å². The Bertz CT molecular complexity index is 2110. The van der Waals surface area contributed by atoms with Crippen LogP contribution in [0.3, 0.4) is 0 Å². The van der Waals surface area contributed by atoms with E-state index in [0.717, 1.165) is 12.8 Å². The fourth-order valence-electron chi connectivity index (χ4n) is 8.16. The quantitative estimate of drug-likeness (QED) is 0.0612. The molecule has 292 valence electrons. The van der Waals surface area contributed by atoms with Gasteiger partial charge in [0.2, 0.25) is 0 Å². The van der Waals surface area contributed by atoms with E-state index in [2.05, 4.69) is 207 Å². The standard InChI is InChI=1S/C34H38Ge.C18H15P.Ru.2H2S/c1-9-27-13-11-14-28(10-2)33(27)35-34-29(31-23(5)17-21(3)18-24(31)6)15-12-16-30(34)32-25(7)19-22(4)20-26(32)8;1-4-10-16(11-5-1)19(17-12-6-2-7-13-17)18-14-8-3-9-15-18;;;/h11-20H,9-10H2,1-8H3;1-15H;;2*1H2/q;;+2;;/p-1. The summed E-state index contributed by atoms with van der Waals surface area (Å²) in [6.45, 7) is 18.2. The second-order valence-electron chi connectivity index (χ2n) is 14.5. The van der Waals surface area contributed by atoms with Crippen molar-refractivity contribution in [1.29, 1.82) is 0 Å². The summed E-state index contributed by atoms with van der Waals surface area (Å²) in [7, 11) is -0.877. The fourth-order valence-corrected chi connectivity index (χ4v) is 14.5. The third-order valence-corrected chi connectivity index (χ3v) is 16.7. The van der Waals surface area contributed by atoms with Gasteiger partial charge in [-0.15, -0.1) is 0 Å². The van der Waals surface area contributed by atoms with Gasteiger partial charge in [0.05, 0.1) is 7.92 Å². The Morgan fingerprint density at radius 1 is 0.404 bits per heavy atom. The Morgan fingerprint density at radius 3 is 1.04 bits per heavy atom. The molecule has 0 aromatic heterocycles. The van der Waals surface area contributed by atoms with Gasteiger partial charge in [0, 0.05) is 0 Å². The molecule has 57 heavy (non-hydrogen) atoms. The molecule has 0 spiro atoms. The molecule has 7 aromatic rings. The van der Waals surface area contributed by atoms with Gasteiger partial charge < -0.3 is 27.0 Å². The van der Waals surface area contributed by atoms with Crippen LogP contribution in [-0.2, 0) is 59.3 Å². The zero-order valence-electron chi connectivity index (χ0n) is 34.6. The summed E-state index contributed by atoms with van der Waals surface area (Å²) >= 11 is -0.573. The van der Waals surface area contributed by atoms with Gasteiger partial charge >= 0.3 is 239 Å². The van der Waals surface area contributed by atoms with Gasteiger partial charge in [-0.3, -0.25) is 0 Å². The van der Waals surface area contributed by atoms with Crippen molar-refractivity contribution < 1.29 is 19.5 Å². The molecule has 0 saturated heterocycles. The van der Waals surface area contributed by atoms with Crippen LogP contribution in [0, 0.1) is 41.5 Å². The van der Waals surface area contributed by atoms with Gasteiger partial charge in [-0.25, -0.2) is 0 Å². The SMILES string of the molecule is CCc1cccc(CC)[c]1[Ge][c]1c(-c2c(C)cc(C)cc2C)cccc1-c1c(C)cc(C)cc1C.[Ru+2].[SH-].[SH-].c1ccc([PH+](c2ccccc2)c2ccccc2)cc1. The largest absolute Gasteiger partial charge is 2.00 e. The molecular weight excluding hydrogens is 893 g/mol. The average Bonchev–Trinajstić information content (AvgIpc) is 3.17. The van der Waals surface area contributed by atoms with Crippen LogP contribution in [0.25, 0.3) is 22.3 Å².